The summed E-state index contributed by atoms with van der Waals surface area (Å²) in [6.45, 7) is 3.35. The lowest BCUT2D eigenvalue weighted by Gasteiger charge is -2.26. The molecule has 0 bridgehead atoms. The van der Waals surface area contributed by atoms with Crippen molar-refractivity contribution in [2.24, 2.45) is 5.92 Å². The summed E-state index contributed by atoms with van der Waals surface area (Å²) in [5.74, 6) is 1.19. The molecule has 0 aromatic carbocycles. The van der Waals surface area contributed by atoms with Crippen molar-refractivity contribution in [2.75, 3.05) is 25.5 Å². The Labute approximate surface area is 127 Å². The molecule has 21 heavy (non-hydrogen) atoms. The molecule has 1 heterocycles. The highest BCUT2D eigenvalue weighted by Crippen LogP contribution is 2.26. The predicted octanol–water partition coefficient (Wildman–Crippen LogP) is 2.71. The van der Waals surface area contributed by atoms with E-state index in [0.29, 0.717) is 18.3 Å². The first-order valence-electron chi connectivity index (χ1n) is 7.70. The molecule has 1 saturated carbocycles. The average molecular weight is 311 g/mol. The van der Waals surface area contributed by atoms with Crippen molar-refractivity contribution >= 4 is 15.8 Å². The zero-order chi connectivity index (χ0) is 15.3. The minimum absolute atomic E-state index is 0.266. The van der Waals surface area contributed by atoms with Crippen molar-refractivity contribution in [3.63, 3.8) is 0 Å². The van der Waals surface area contributed by atoms with Crippen LogP contribution in [-0.4, -0.2) is 37.8 Å². The normalized spacial score (nSPS) is 17.1. The zero-order valence-electron chi connectivity index (χ0n) is 12.9. The smallest absolute Gasteiger partial charge is 0.244 e. The Bertz CT molecular complexity index is 537. The quantitative estimate of drug-likeness (QED) is 0.877. The summed E-state index contributed by atoms with van der Waals surface area (Å²) in [5.41, 5.74) is 0. The molecule has 0 atom stereocenters. The minimum atomic E-state index is -3.43. The van der Waals surface area contributed by atoms with Gasteiger partial charge in [0.1, 0.15) is 10.7 Å². The molecule has 1 fully saturated rings. The topological polar surface area (TPSA) is 62.3 Å². The van der Waals surface area contributed by atoms with Gasteiger partial charge in [0.15, 0.2) is 0 Å². The largest absolute Gasteiger partial charge is 0.370 e. The third-order valence-electron chi connectivity index (χ3n) is 4.04. The molecule has 1 aliphatic rings. The lowest BCUT2D eigenvalue weighted by molar-refractivity contribution is 0.300. The van der Waals surface area contributed by atoms with Gasteiger partial charge >= 0.3 is 0 Å². The molecule has 0 aliphatic heterocycles. The first-order chi connectivity index (χ1) is 10.0. The van der Waals surface area contributed by atoms with Crippen LogP contribution < -0.4 is 5.32 Å². The van der Waals surface area contributed by atoms with Crippen molar-refractivity contribution in [3.05, 3.63) is 18.3 Å². The number of hydrogen-bond acceptors (Lipinski definition) is 4. The first-order valence-corrected chi connectivity index (χ1v) is 9.14. The van der Waals surface area contributed by atoms with Crippen molar-refractivity contribution in [3.8, 4) is 0 Å². The summed E-state index contributed by atoms with van der Waals surface area (Å²) in [7, 11) is -1.76. The molecule has 5 nitrogen and oxygen atoms in total. The highest BCUT2D eigenvalue weighted by atomic mass is 32.2. The molecule has 118 valence electrons. The van der Waals surface area contributed by atoms with Gasteiger partial charge in [-0.05, 0) is 37.8 Å². The van der Waals surface area contributed by atoms with E-state index in [9.17, 15) is 8.42 Å². The molecule has 0 radical (unpaired) electrons. The lowest BCUT2D eigenvalue weighted by Crippen LogP contribution is -2.32. The van der Waals surface area contributed by atoms with E-state index < -0.39 is 10.0 Å². The zero-order valence-corrected chi connectivity index (χ0v) is 13.7. The summed E-state index contributed by atoms with van der Waals surface area (Å²) >= 11 is 0. The molecule has 1 N–H and O–H groups in total. The number of hydrogen-bond donors (Lipinski definition) is 1. The van der Waals surface area contributed by atoms with Gasteiger partial charge in [0.25, 0.3) is 0 Å². The van der Waals surface area contributed by atoms with Crippen LogP contribution >= 0.6 is 0 Å². The van der Waals surface area contributed by atoms with E-state index in [4.69, 9.17) is 0 Å². The molecule has 0 spiro atoms. The lowest BCUT2D eigenvalue weighted by atomic mass is 9.89. The highest BCUT2D eigenvalue weighted by Gasteiger charge is 2.25. The molecule has 0 amide bonds. The molecule has 1 aromatic rings. The van der Waals surface area contributed by atoms with Crippen LogP contribution in [0.4, 0.5) is 5.82 Å². The van der Waals surface area contributed by atoms with Crippen molar-refractivity contribution in [2.45, 2.75) is 43.9 Å². The molecule has 6 heteroatoms. The Hall–Kier alpha value is -1.14. The van der Waals surface area contributed by atoms with Crippen LogP contribution in [0, 0.1) is 5.92 Å². The van der Waals surface area contributed by atoms with E-state index in [1.54, 1.807) is 19.2 Å². The van der Waals surface area contributed by atoms with Gasteiger partial charge in [-0.25, -0.2) is 17.7 Å². The Morgan fingerprint density at radius 1 is 1.29 bits per heavy atom. The maximum atomic E-state index is 12.5. The van der Waals surface area contributed by atoms with E-state index in [1.807, 2.05) is 6.92 Å². The second-order valence-electron chi connectivity index (χ2n) is 5.70. The van der Waals surface area contributed by atoms with Gasteiger partial charge in [-0.2, -0.15) is 0 Å². The van der Waals surface area contributed by atoms with Gasteiger partial charge in [-0.1, -0.05) is 19.3 Å². The molecule has 1 aliphatic carbocycles. The van der Waals surface area contributed by atoms with Crippen LogP contribution in [0.25, 0.3) is 0 Å². The Kier molecular flexibility index (Phi) is 5.58. The van der Waals surface area contributed by atoms with Crippen LogP contribution in [0.1, 0.15) is 39.0 Å². The fraction of sp³-hybridized carbons (Fsp3) is 0.667. The Balaban J connectivity index is 2.05. The summed E-state index contributed by atoms with van der Waals surface area (Å²) in [6.07, 6.45) is 7.43. The first kappa shape index (κ1) is 16.2. The number of pyridine rings is 1. The van der Waals surface area contributed by atoms with E-state index in [2.05, 4.69) is 10.3 Å². The predicted molar refractivity (Wildman–Crippen MR) is 84.8 cm³/mol. The van der Waals surface area contributed by atoms with Crippen molar-refractivity contribution in [1.82, 2.24) is 9.29 Å². The van der Waals surface area contributed by atoms with Crippen LogP contribution in [0.2, 0.25) is 0 Å². The Morgan fingerprint density at radius 2 is 2.00 bits per heavy atom. The number of nitrogens with zero attached hydrogens (tertiary/aromatic N) is 2. The molecule has 0 unspecified atom stereocenters. The van der Waals surface area contributed by atoms with Gasteiger partial charge in [-0.15, -0.1) is 0 Å². The van der Waals surface area contributed by atoms with Crippen LogP contribution in [0.15, 0.2) is 23.2 Å². The second kappa shape index (κ2) is 7.22. The average Bonchev–Trinajstić information content (AvgIpc) is 2.49. The van der Waals surface area contributed by atoms with Gasteiger partial charge < -0.3 is 5.32 Å². The number of nitrogens with one attached hydrogen (secondary N) is 1. The van der Waals surface area contributed by atoms with Gasteiger partial charge in [0, 0.05) is 26.3 Å². The summed E-state index contributed by atoms with van der Waals surface area (Å²) in [5, 5.41) is 3.06. The van der Waals surface area contributed by atoms with E-state index in [1.165, 1.54) is 29.8 Å². The SMILES string of the molecule is CCNc1ccc(S(=O)(=O)N(C)CC2CCCCC2)cn1. The molecular weight excluding hydrogens is 286 g/mol. The fourth-order valence-corrected chi connectivity index (χ4v) is 4.02. The van der Waals surface area contributed by atoms with Crippen molar-refractivity contribution < 1.29 is 8.42 Å². The fourth-order valence-electron chi connectivity index (χ4n) is 2.83. The molecular formula is C15H25N3O2S. The van der Waals surface area contributed by atoms with Gasteiger partial charge in [0.05, 0.1) is 0 Å². The second-order valence-corrected chi connectivity index (χ2v) is 7.74. The van der Waals surface area contributed by atoms with Gasteiger partial charge in [-0.3, -0.25) is 0 Å². The molecule has 0 saturated heterocycles. The number of rotatable bonds is 6. The van der Waals surface area contributed by atoms with Crippen LogP contribution in [-0.2, 0) is 10.0 Å². The monoisotopic (exact) mass is 311 g/mol. The van der Waals surface area contributed by atoms with Crippen LogP contribution in [0.3, 0.4) is 0 Å². The van der Waals surface area contributed by atoms with E-state index in [-0.39, 0.29) is 4.90 Å². The van der Waals surface area contributed by atoms with E-state index in [0.717, 1.165) is 19.4 Å². The summed E-state index contributed by atoms with van der Waals surface area (Å²) in [4.78, 5) is 4.41. The molecule has 1 aromatic heterocycles. The maximum Gasteiger partial charge on any atom is 0.244 e. The number of anilines is 1. The number of sulfonamides is 1. The van der Waals surface area contributed by atoms with Gasteiger partial charge in [0.2, 0.25) is 10.0 Å². The summed E-state index contributed by atoms with van der Waals surface area (Å²) in [6, 6.07) is 3.34. The minimum Gasteiger partial charge on any atom is -0.370 e. The van der Waals surface area contributed by atoms with Crippen LogP contribution in [0.5, 0.6) is 0 Å². The summed E-state index contributed by atoms with van der Waals surface area (Å²) < 4.78 is 26.6. The third kappa shape index (κ3) is 4.17. The molecule has 2 rings (SSSR count). The highest BCUT2D eigenvalue weighted by molar-refractivity contribution is 7.89. The van der Waals surface area contributed by atoms with Crippen molar-refractivity contribution in [1.29, 1.82) is 0 Å². The standard InChI is InChI=1S/C15H25N3O2S/c1-3-16-15-10-9-14(11-17-15)21(19,20)18(2)12-13-7-5-4-6-8-13/h9-11,13H,3-8,12H2,1-2H3,(H,16,17). The maximum absolute atomic E-state index is 12.5. The third-order valence-corrected chi connectivity index (χ3v) is 5.85. The van der Waals surface area contributed by atoms with E-state index >= 15 is 0 Å². The number of aromatic nitrogens is 1. The Morgan fingerprint density at radius 3 is 2.57 bits per heavy atom.